The standard InChI is InChI=1S/C62H120O17P2/c1-7-9-11-13-14-15-16-17-20-23-26-33-39-45-60(65)73-51-58(78-61(66)46-40-34-27-24-21-18-19-22-25-31-36-42-54(3)4)53-77-81(70,71)75-49-56(63)48-74-80(68,69)76-52-57(50-72-59(64)44-38-30-12-10-8-2)79-62(67)47-41-35-29-28-32-37-43-55(5)6/h54-58,63H,7-53H2,1-6H3,(H,68,69)(H,70,71)/t56-,57+,58+/m0/s1. The van der Waals surface area contributed by atoms with Crippen LogP contribution in [0, 0.1) is 11.8 Å². The van der Waals surface area contributed by atoms with Gasteiger partial charge in [-0.1, -0.05) is 253 Å². The summed E-state index contributed by atoms with van der Waals surface area (Å²) >= 11 is 0. The maximum atomic E-state index is 13.0. The van der Waals surface area contributed by atoms with Gasteiger partial charge < -0.3 is 33.8 Å². The summed E-state index contributed by atoms with van der Waals surface area (Å²) in [6.45, 7) is 9.30. The van der Waals surface area contributed by atoms with Gasteiger partial charge in [0.15, 0.2) is 12.2 Å². The number of phosphoric acid groups is 2. The van der Waals surface area contributed by atoms with Gasteiger partial charge in [-0.2, -0.15) is 0 Å². The molecule has 19 heteroatoms. The van der Waals surface area contributed by atoms with Gasteiger partial charge in [-0.05, 0) is 37.5 Å². The summed E-state index contributed by atoms with van der Waals surface area (Å²) < 4.78 is 67.7. The number of rotatable bonds is 61. The van der Waals surface area contributed by atoms with Crippen LogP contribution in [0.5, 0.6) is 0 Å². The van der Waals surface area contributed by atoms with Crippen molar-refractivity contribution in [2.75, 3.05) is 39.6 Å². The number of phosphoric ester groups is 2. The minimum absolute atomic E-state index is 0.101. The molecule has 480 valence electrons. The highest BCUT2D eigenvalue weighted by Crippen LogP contribution is 2.45. The molecule has 5 atom stereocenters. The van der Waals surface area contributed by atoms with Crippen LogP contribution in [0.4, 0.5) is 0 Å². The van der Waals surface area contributed by atoms with Gasteiger partial charge in [0.2, 0.25) is 0 Å². The number of hydrogen-bond donors (Lipinski definition) is 3. The van der Waals surface area contributed by atoms with E-state index in [1.807, 2.05) is 0 Å². The predicted molar refractivity (Wildman–Crippen MR) is 321 cm³/mol. The van der Waals surface area contributed by atoms with Crippen LogP contribution >= 0.6 is 15.6 Å². The zero-order valence-corrected chi connectivity index (χ0v) is 53.9. The number of aliphatic hydroxyl groups is 1. The van der Waals surface area contributed by atoms with Gasteiger partial charge >= 0.3 is 39.5 Å². The monoisotopic (exact) mass is 1200 g/mol. The van der Waals surface area contributed by atoms with E-state index < -0.39 is 97.5 Å². The molecule has 0 saturated heterocycles. The molecule has 0 fully saturated rings. The van der Waals surface area contributed by atoms with Gasteiger partial charge in [0.1, 0.15) is 19.3 Å². The van der Waals surface area contributed by atoms with Gasteiger partial charge in [-0.15, -0.1) is 0 Å². The van der Waals surface area contributed by atoms with Gasteiger partial charge in [-0.25, -0.2) is 9.13 Å². The van der Waals surface area contributed by atoms with E-state index >= 15 is 0 Å². The molecule has 3 N–H and O–H groups in total. The molecule has 0 aliphatic rings. The van der Waals surface area contributed by atoms with Crippen molar-refractivity contribution in [3.8, 4) is 0 Å². The van der Waals surface area contributed by atoms with E-state index in [1.54, 1.807) is 0 Å². The predicted octanol–water partition coefficient (Wildman–Crippen LogP) is 16.9. The van der Waals surface area contributed by atoms with Crippen molar-refractivity contribution in [2.45, 2.75) is 323 Å². The molecule has 0 aromatic carbocycles. The third kappa shape index (κ3) is 56.9. The average molecular weight is 1200 g/mol. The Labute approximate surface area is 492 Å². The second-order valence-corrected chi connectivity index (χ2v) is 26.3. The zero-order valence-electron chi connectivity index (χ0n) is 52.1. The minimum atomic E-state index is -4.94. The second-order valence-electron chi connectivity index (χ2n) is 23.4. The van der Waals surface area contributed by atoms with Gasteiger partial charge in [0.05, 0.1) is 26.4 Å². The third-order valence-electron chi connectivity index (χ3n) is 14.2. The van der Waals surface area contributed by atoms with Crippen molar-refractivity contribution < 1.29 is 80.2 Å². The smallest absolute Gasteiger partial charge is 0.462 e. The van der Waals surface area contributed by atoms with Crippen LogP contribution in [-0.2, 0) is 65.4 Å². The molecule has 0 radical (unpaired) electrons. The Kier molecular flexibility index (Phi) is 53.4. The van der Waals surface area contributed by atoms with Crippen LogP contribution in [0.15, 0.2) is 0 Å². The van der Waals surface area contributed by atoms with Crippen molar-refractivity contribution in [2.24, 2.45) is 11.8 Å². The zero-order chi connectivity index (χ0) is 60.1. The summed E-state index contributed by atoms with van der Waals surface area (Å²) in [4.78, 5) is 71.8. The Morgan fingerprint density at radius 1 is 0.333 bits per heavy atom. The van der Waals surface area contributed by atoms with Crippen molar-refractivity contribution in [3.63, 3.8) is 0 Å². The summed E-state index contributed by atoms with van der Waals surface area (Å²) in [6, 6.07) is 0. The number of aliphatic hydroxyl groups excluding tert-OH is 1. The first-order valence-electron chi connectivity index (χ1n) is 32.5. The number of esters is 4. The lowest BCUT2D eigenvalue weighted by Crippen LogP contribution is -2.30. The summed E-state index contributed by atoms with van der Waals surface area (Å²) in [7, 11) is -9.87. The molecule has 0 spiro atoms. The van der Waals surface area contributed by atoms with Crippen LogP contribution in [0.3, 0.4) is 0 Å². The van der Waals surface area contributed by atoms with E-state index in [0.717, 1.165) is 102 Å². The molecule has 0 bridgehead atoms. The number of ether oxygens (including phenoxy) is 4. The van der Waals surface area contributed by atoms with Crippen molar-refractivity contribution >= 4 is 39.5 Å². The highest BCUT2D eigenvalue weighted by Gasteiger charge is 2.30. The Balaban J connectivity index is 5.18. The van der Waals surface area contributed by atoms with E-state index in [-0.39, 0.29) is 25.7 Å². The molecule has 0 amide bonds. The van der Waals surface area contributed by atoms with Crippen LogP contribution < -0.4 is 0 Å². The number of carbonyl (C=O) groups excluding carboxylic acids is 4. The van der Waals surface area contributed by atoms with Gasteiger partial charge in [-0.3, -0.25) is 37.3 Å². The van der Waals surface area contributed by atoms with Crippen molar-refractivity contribution in [3.05, 3.63) is 0 Å². The minimum Gasteiger partial charge on any atom is -0.462 e. The van der Waals surface area contributed by atoms with E-state index in [9.17, 15) is 43.2 Å². The average Bonchev–Trinajstić information content (AvgIpc) is 3.42. The number of unbranched alkanes of at least 4 members (excludes halogenated alkanes) is 31. The van der Waals surface area contributed by atoms with Gasteiger partial charge in [0.25, 0.3) is 0 Å². The summed E-state index contributed by atoms with van der Waals surface area (Å²) in [5.41, 5.74) is 0. The molecule has 17 nitrogen and oxygen atoms in total. The van der Waals surface area contributed by atoms with Crippen LogP contribution in [0.25, 0.3) is 0 Å². The molecule has 2 unspecified atom stereocenters. The Bertz CT molecular complexity index is 1600. The Hall–Kier alpha value is -1.94. The largest absolute Gasteiger partial charge is 0.472 e. The summed E-state index contributed by atoms with van der Waals surface area (Å²) in [5.74, 6) is -0.715. The first-order valence-corrected chi connectivity index (χ1v) is 35.5. The molecular weight excluding hydrogens is 1080 g/mol. The number of carbonyl (C=O) groups is 4. The summed E-state index contributed by atoms with van der Waals surface area (Å²) in [6.07, 6.45) is 36.7. The molecule has 81 heavy (non-hydrogen) atoms. The molecular formula is C62H120O17P2. The summed E-state index contributed by atoms with van der Waals surface area (Å²) in [5, 5.41) is 10.5. The molecule has 0 rings (SSSR count). The van der Waals surface area contributed by atoms with Crippen LogP contribution in [-0.4, -0.2) is 96.7 Å². The molecule has 0 aromatic heterocycles. The number of hydrogen-bond acceptors (Lipinski definition) is 15. The van der Waals surface area contributed by atoms with E-state index in [2.05, 4.69) is 41.5 Å². The van der Waals surface area contributed by atoms with E-state index in [4.69, 9.17) is 37.0 Å². The maximum absolute atomic E-state index is 13.0. The fourth-order valence-electron chi connectivity index (χ4n) is 9.18. The van der Waals surface area contributed by atoms with Crippen LogP contribution in [0.1, 0.15) is 305 Å². The highest BCUT2D eigenvalue weighted by atomic mass is 31.2. The van der Waals surface area contributed by atoms with E-state index in [1.165, 1.54) is 116 Å². The molecule has 0 aliphatic carbocycles. The Morgan fingerprint density at radius 3 is 0.840 bits per heavy atom. The fourth-order valence-corrected chi connectivity index (χ4v) is 10.8. The third-order valence-corrected chi connectivity index (χ3v) is 16.1. The molecule has 0 aromatic rings. The first-order chi connectivity index (χ1) is 38.9. The first kappa shape index (κ1) is 79.1. The fraction of sp³-hybridized carbons (Fsp3) is 0.935. The molecule has 0 aliphatic heterocycles. The van der Waals surface area contributed by atoms with Gasteiger partial charge in [0, 0.05) is 25.7 Å². The molecule has 0 heterocycles. The van der Waals surface area contributed by atoms with Crippen LogP contribution in [0.2, 0.25) is 0 Å². The lowest BCUT2D eigenvalue weighted by Gasteiger charge is -2.21. The Morgan fingerprint density at radius 2 is 0.568 bits per heavy atom. The second kappa shape index (κ2) is 54.7. The SMILES string of the molecule is CCCCCCCCCCCCCCCC(=O)OC[C@H](COP(=O)(O)OC[C@@H](O)COP(=O)(O)OC[C@@H](COC(=O)CCCCCCC)OC(=O)CCCCCCCCC(C)C)OC(=O)CCCCCCCCCCCCCC(C)C. The lowest BCUT2D eigenvalue weighted by atomic mass is 10.0. The maximum Gasteiger partial charge on any atom is 0.472 e. The lowest BCUT2D eigenvalue weighted by molar-refractivity contribution is -0.161. The topological polar surface area (TPSA) is 237 Å². The highest BCUT2D eigenvalue weighted by molar-refractivity contribution is 7.47. The van der Waals surface area contributed by atoms with Crippen molar-refractivity contribution in [1.29, 1.82) is 0 Å². The van der Waals surface area contributed by atoms with E-state index in [0.29, 0.717) is 31.6 Å². The normalized spacial score (nSPS) is 14.4. The quantitative estimate of drug-likeness (QED) is 0.0222. The molecule has 0 saturated carbocycles. The van der Waals surface area contributed by atoms with Crippen molar-refractivity contribution in [1.82, 2.24) is 0 Å².